The van der Waals surface area contributed by atoms with E-state index in [9.17, 15) is 9.59 Å². The van der Waals surface area contributed by atoms with E-state index in [0.29, 0.717) is 11.1 Å². The topological polar surface area (TPSA) is 61.4 Å². The molecule has 2 amide bonds. The third-order valence-corrected chi connectivity index (χ3v) is 5.89. The zero-order chi connectivity index (χ0) is 16.4. The molecular formula is C16H21Cl2N3O2S. The molecule has 1 fully saturated rings. The second kappa shape index (κ2) is 8.43. The van der Waals surface area contributed by atoms with Crippen LogP contribution in [-0.2, 0) is 9.59 Å². The lowest BCUT2D eigenvalue weighted by Gasteiger charge is -2.33. The maximum atomic E-state index is 12.5. The van der Waals surface area contributed by atoms with Crippen molar-refractivity contribution in [3.63, 3.8) is 0 Å². The van der Waals surface area contributed by atoms with Gasteiger partial charge in [-0.2, -0.15) is 0 Å². The van der Waals surface area contributed by atoms with E-state index in [1.54, 1.807) is 12.1 Å². The maximum absolute atomic E-state index is 12.5. The van der Waals surface area contributed by atoms with Gasteiger partial charge in [0.15, 0.2) is 0 Å². The van der Waals surface area contributed by atoms with Gasteiger partial charge in [-0.05, 0) is 38.1 Å². The molecule has 0 spiro atoms. The minimum absolute atomic E-state index is 0. The Kier molecular flexibility index (Phi) is 6.80. The molecule has 0 aliphatic carbocycles. The largest absolute Gasteiger partial charge is 0.343 e. The van der Waals surface area contributed by atoms with Gasteiger partial charge in [-0.25, -0.2) is 0 Å². The minimum atomic E-state index is -0.377. The van der Waals surface area contributed by atoms with Crippen molar-refractivity contribution in [2.75, 3.05) is 25.5 Å². The lowest BCUT2D eigenvalue weighted by molar-refractivity contribution is -0.133. The molecule has 1 saturated heterocycles. The minimum Gasteiger partial charge on any atom is -0.343 e. The molecule has 0 bridgehead atoms. The number of nitrogens with one attached hydrogen (secondary N) is 2. The van der Waals surface area contributed by atoms with Crippen molar-refractivity contribution >= 4 is 53.3 Å². The van der Waals surface area contributed by atoms with Crippen LogP contribution in [0.1, 0.15) is 19.3 Å². The molecule has 2 aliphatic rings. The fraction of sp³-hybridized carbons (Fsp3) is 0.500. The van der Waals surface area contributed by atoms with Crippen LogP contribution in [0, 0.1) is 0 Å². The van der Waals surface area contributed by atoms with Gasteiger partial charge in [0.25, 0.3) is 0 Å². The van der Waals surface area contributed by atoms with Crippen molar-refractivity contribution in [1.82, 2.24) is 10.2 Å². The predicted octanol–water partition coefficient (Wildman–Crippen LogP) is 2.78. The fourth-order valence-corrected chi connectivity index (χ4v) is 4.22. The molecular weight excluding hydrogens is 369 g/mol. The van der Waals surface area contributed by atoms with Gasteiger partial charge in [0.1, 0.15) is 0 Å². The molecule has 1 unspecified atom stereocenters. The summed E-state index contributed by atoms with van der Waals surface area (Å²) in [5.74, 6) is -0.0622. The van der Waals surface area contributed by atoms with Crippen LogP contribution < -0.4 is 10.6 Å². The van der Waals surface area contributed by atoms with Gasteiger partial charge >= 0.3 is 0 Å². The first-order chi connectivity index (χ1) is 11.1. The van der Waals surface area contributed by atoms with Crippen molar-refractivity contribution < 1.29 is 9.59 Å². The van der Waals surface area contributed by atoms with E-state index in [0.717, 1.165) is 36.5 Å². The molecule has 1 aromatic rings. The Labute approximate surface area is 157 Å². The predicted molar refractivity (Wildman–Crippen MR) is 100 cm³/mol. The summed E-state index contributed by atoms with van der Waals surface area (Å²) in [6, 6.07) is 5.91. The number of piperidine rings is 1. The van der Waals surface area contributed by atoms with Gasteiger partial charge in [0.05, 0.1) is 10.9 Å². The van der Waals surface area contributed by atoms with E-state index in [2.05, 4.69) is 10.6 Å². The van der Waals surface area contributed by atoms with E-state index in [4.69, 9.17) is 11.6 Å². The molecule has 2 aliphatic heterocycles. The van der Waals surface area contributed by atoms with Crippen molar-refractivity contribution in [1.29, 1.82) is 0 Å². The first-order valence-electron chi connectivity index (χ1n) is 7.79. The molecule has 0 radical (unpaired) electrons. The molecule has 5 nitrogen and oxygen atoms in total. The number of carbonyl (C=O) groups is 2. The molecule has 1 aromatic carbocycles. The van der Waals surface area contributed by atoms with Gasteiger partial charge in [-0.3, -0.25) is 9.59 Å². The summed E-state index contributed by atoms with van der Waals surface area (Å²) < 4.78 is 0. The van der Waals surface area contributed by atoms with E-state index >= 15 is 0 Å². The van der Waals surface area contributed by atoms with E-state index in [1.165, 1.54) is 11.8 Å². The van der Waals surface area contributed by atoms with Crippen LogP contribution in [0.5, 0.6) is 0 Å². The number of anilines is 1. The average molecular weight is 390 g/mol. The molecule has 24 heavy (non-hydrogen) atoms. The van der Waals surface area contributed by atoms with Crippen molar-refractivity contribution in [2.45, 2.75) is 35.4 Å². The molecule has 2 N–H and O–H groups in total. The third-order valence-electron chi connectivity index (χ3n) is 4.38. The second-order valence-electron chi connectivity index (χ2n) is 5.88. The van der Waals surface area contributed by atoms with Crippen molar-refractivity contribution in [3.8, 4) is 0 Å². The number of rotatable bonds is 3. The van der Waals surface area contributed by atoms with Gasteiger partial charge in [0.2, 0.25) is 11.8 Å². The SMILES string of the molecule is CNC1CCN(C(=O)CC2Sc3ccc(Cl)cc3NC2=O)CC1.Cl. The fourth-order valence-electron chi connectivity index (χ4n) is 2.96. The Hall–Kier alpha value is -0.950. The summed E-state index contributed by atoms with van der Waals surface area (Å²) >= 11 is 7.38. The molecule has 132 valence electrons. The highest BCUT2D eigenvalue weighted by Gasteiger charge is 2.31. The number of hydrogen-bond acceptors (Lipinski definition) is 4. The summed E-state index contributed by atoms with van der Waals surface area (Å²) in [6.07, 6.45) is 2.17. The second-order valence-corrected chi connectivity index (χ2v) is 7.57. The Morgan fingerprint density at radius 3 is 2.79 bits per heavy atom. The van der Waals surface area contributed by atoms with Crippen LogP contribution in [0.15, 0.2) is 23.1 Å². The normalized spacial score (nSPS) is 20.8. The van der Waals surface area contributed by atoms with Gasteiger partial charge in [-0.15, -0.1) is 24.2 Å². The first kappa shape index (κ1) is 19.4. The first-order valence-corrected chi connectivity index (χ1v) is 9.04. The lowest BCUT2D eigenvalue weighted by atomic mass is 10.0. The highest BCUT2D eigenvalue weighted by Crippen LogP contribution is 2.38. The summed E-state index contributed by atoms with van der Waals surface area (Å²) in [6.45, 7) is 1.52. The van der Waals surface area contributed by atoms with Crippen LogP contribution >= 0.6 is 35.8 Å². The Bertz CT molecular complexity index is 621. The molecule has 1 atom stereocenters. The van der Waals surface area contributed by atoms with Crippen molar-refractivity contribution in [3.05, 3.63) is 23.2 Å². The number of carbonyl (C=O) groups excluding carboxylic acids is 2. The smallest absolute Gasteiger partial charge is 0.238 e. The van der Waals surface area contributed by atoms with E-state index in [1.807, 2.05) is 18.0 Å². The van der Waals surface area contributed by atoms with Crippen LogP contribution in [0.2, 0.25) is 5.02 Å². The molecule has 3 rings (SSSR count). The highest BCUT2D eigenvalue weighted by molar-refractivity contribution is 8.01. The van der Waals surface area contributed by atoms with Crippen LogP contribution in [-0.4, -0.2) is 48.1 Å². The van der Waals surface area contributed by atoms with Crippen LogP contribution in [0.4, 0.5) is 5.69 Å². The lowest BCUT2D eigenvalue weighted by Crippen LogP contribution is -2.45. The number of benzene rings is 1. The van der Waals surface area contributed by atoms with Crippen LogP contribution in [0.3, 0.4) is 0 Å². The summed E-state index contributed by atoms with van der Waals surface area (Å²) in [7, 11) is 1.95. The summed E-state index contributed by atoms with van der Waals surface area (Å²) in [5.41, 5.74) is 0.728. The molecule has 2 heterocycles. The van der Waals surface area contributed by atoms with Crippen LogP contribution in [0.25, 0.3) is 0 Å². The molecule has 8 heteroatoms. The number of fused-ring (bicyclic) bond motifs is 1. The third kappa shape index (κ3) is 4.36. The Balaban J connectivity index is 0.00000208. The van der Waals surface area contributed by atoms with E-state index < -0.39 is 0 Å². The van der Waals surface area contributed by atoms with Gasteiger partial charge in [-0.1, -0.05) is 11.6 Å². The Morgan fingerprint density at radius 2 is 2.12 bits per heavy atom. The quantitative estimate of drug-likeness (QED) is 0.833. The number of hydrogen-bond donors (Lipinski definition) is 2. The number of likely N-dealkylation sites (tertiary alicyclic amines) is 1. The zero-order valence-electron chi connectivity index (χ0n) is 13.4. The number of halogens is 2. The summed E-state index contributed by atoms with van der Waals surface area (Å²) in [4.78, 5) is 27.5. The monoisotopic (exact) mass is 389 g/mol. The van der Waals surface area contributed by atoms with Crippen molar-refractivity contribution in [2.24, 2.45) is 0 Å². The van der Waals surface area contributed by atoms with Gasteiger partial charge < -0.3 is 15.5 Å². The average Bonchev–Trinajstić information content (AvgIpc) is 2.55. The van der Waals surface area contributed by atoms with E-state index in [-0.39, 0.29) is 35.9 Å². The molecule has 0 saturated carbocycles. The standard InChI is InChI=1S/C16H20ClN3O2S.ClH/c1-18-11-4-6-20(7-5-11)15(21)9-14-16(22)19-12-8-10(17)2-3-13(12)23-14;/h2-3,8,11,14,18H,4-7,9H2,1H3,(H,19,22);1H. The number of thioether (sulfide) groups is 1. The van der Waals surface area contributed by atoms with Gasteiger partial charge in [0, 0.05) is 35.5 Å². The molecule has 0 aromatic heterocycles. The number of amides is 2. The maximum Gasteiger partial charge on any atom is 0.238 e. The Morgan fingerprint density at radius 1 is 1.42 bits per heavy atom. The zero-order valence-corrected chi connectivity index (χ0v) is 15.8. The number of nitrogens with zero attached hydrogens (tertiary/aromatic N) is 1. The summed E-state index contributed by atoms with van der Waals surface area (Å²) in [5, 5.41) is 6.31. The highest BCUT2D eigenvalue weighted by atomic mass is 35.5.